The van der Waals surface area contributed by atoms with Gasteiger partial charge in [-0.2, -0.15) is 0 Å². The van der Waals surface area contributed by atoms with Gasteiger partial charge in [0.2, 0.25) is 0 Å². The van der Waals surface area contributed by atoms with Crippen LogP contribution in [0, 0.1) is 6.92 Å². The molecule has 1 fully saturated rings. The fourth-order valence-electron chi connectivity index (χ4n) is 2.03. The predicted molar refractivity (Wildman–Crippen MR) is 75.4 cm³/mol. The van der Waals surface area contributed by atoms with Crippen molar-refractivity contribution in [2.45, 2.75) is 19.6 Å². The van der Waals surface area contributed by atoms with Gasteiger partial charge in [0.1, 0.15) is 12.4 Å². The van der Waals surface area contributed by atoms with Gasteiger partial charge in [-0.25, -0.2) is 4.79 Å². The maximum absolute atomic E-state index is 10.9. The third-order valence-corrected chi connectivity index (χ3v) is 3.30. The standard InChI is InChI=1S/C13H17BrN2O3/c1-8-3-10(14)4-9(5-15-2)12(8)18-7-11-6-16-13(17)19-11/h3-4,11,15H,5-7H2,1-2H3,(H,16,17). The van der Waals surface area contributed by atoms with Crippen molar-refractivity contribution in [2.75, 3.05) is 20.2 Å². The molecule has 19 heavy (non-hydrogen) atoms. The Morgan fingerprint density at radius 1 is 1.58 bits per heavy atom. The zero-order chi connectivity index (χ0) is 13.8. The molecule has 2 N–H and O–H groups in total. The quantitative estimate of drug-likeness (QED) is 0.867. The van der Waals surface area contributed by atoms with E-state index >= 15 is 0 Å². The van der Waals surface area contributed by atoms with Crippen LogP contribution in [0.5, 0.6) is 5.75 Å². The maximum Gasteiger partial charge on any atom is 0.407 e. The summed E-state index contributed by atoms with van der Waals surface area (Å²) in [6, 6.07) is 4.03. The molecule has 0 radical (unpaired) electrons. The number of ether oxygens (including phenoxy) is 2. The normalized spacial score (nSPS) is 18.1. The first-order valence-electron chi connectivity index (χ1n) is 6.11. The molecule has 0 saturated carbocycles. The summed E-state index contributed by atoms with van der Waals surface area (Å²) in [7, 11) is 1.89. The fourth-order valence-corrected chi connectivity index (χ4v) is 2.65. The molecule has 1 aliphatic heterocycles. The van der Waals surface area contributed by atoms with Crippen LogP contribution in [-0.4, -0.2) is 32.4 Å². The van der Waals surface area contributed by atoms with Crippen molar-refractivity contribution < 1.29 is 14.3 Å². The number of carbonyl (C=O) groups excluding carboxylic acids is 1. The Kier molecular flexibility index (Phi) is 4.66. The number of alkyl carbamates (subject to hydrolysis) is 1. The molecular formula is C13H17BrN2O3. The highest BCUT2D eigenvalue weighted by atomic mass is 79.9. The zero-order valence-electron chi connectivity index (χ0n) is 11.0. The number of aryl methyl sites for hydroxylation is 1. The van der Waals surface area contributed by atoms with E-state index in [1.165, 1.54) is 0 Å². The second-order valence-electron chi connectivity index (χ2n) is 4.46. The van der Waals surface area contributed by atoms with Crippen molar-refractivity contribution in [3.8, 4) is 5.75 Å². The molecule has 1 atom stereocenters. The van der Waals surface area contributed by atoms with E-state index in [2.05, 4.69) is 26.6 Å². The summed E-state index contributed by atoms with van der Waals surface area (Å²) in [5.74, 6) is 0.848. The third-order valence-electron chi connectivity index (χ3n) is 2.84. The van der Waals surface area contributed by atoms with E-state index in [0.717, 1.165) is 27.9 Å². The van der Waals surface area contributed by atoms with E-state index < -0.39 is 0 Å². The van der Waals surface area contributed by atoms with E-state index in [-0.39, 0.29) is 12.2 Å². The second-order valence-corrected chi connectivity index (χ2v) is 5.38. The molecule has 1 amide bonds. The number of hydrogen-bond acceptors (Lipinski definition) is 4. The molecule has 0 aliphatic carbocycles. The summed E-state index contributed by atoms with van der Waals surface area (Å²) in [5, 5.41) is 5.72. The first-order valence-corrected chi connectivity index (χ1v) is 6.90. The molecule has 5 nitrogen and oxygen atoms in total. The highest BCUT2D eigenvalue weighted by Crippen LogP contribution is 2.28. The minimum absolute atomic E-state index is 0.224. The topological polar surface area (TPSA) is 59.6 Å². The number of rotatable bonds is 5. The molecule has 104 valence electrons. The lowest BCUT2D eigenvalue weighted by atomic mass is 10.1. The molecule has 2 rings (SSSR count). The third kappa shape index (κ3) is 3.61. The molecule has 0 spiro atoms. The van der Waals surface area contributed by atoms with Crippen LogP contribution >= 0.6 is 15.9 Å². The number of halogens is 1. The summed E-state index contributed by atoms with van der Waals surface area (Å²) in [5.41, 5.74) is 2.13. The Balaban J connectivity index is 2.07. The Bertz CT molecular complexity index is 479. The van der Waals surface area contributed by atoms with E-state index in [1.807, 2.05) is 26.1 Å². The smallest absolute Gasteiger partial charge is 0.407 e. The van der Waals surface area contributed by atoms with Crippen molar-refractivity contribution in [3.05, 3.63) is 27.7 Å². The molecule has 1 saturated heterocycles. The summed E-state index contributed by atoms with van der Waals surface area (Å²) < 4.78 is 11.9. The zero-order valence-corrected chi connectivity index (χ0v) is 12.5. The van der Waals surface area contributed by atoms with Gasteiger partial charge in [0, 0.05) is 16.6 Å². The number of hydrogen-bond donors (Lipinski definition) is 2. The van der Waals surface area contributed by atoms with Gasteiger partial charge in [0.05, 0.1) is 6.54 Å². The Morgan fingerprint density at radius 3 is 3.00 bits per heavy atom. The highest BCUT2D eigenvalue weighted by molar-refractivity contribution is 9.10. The average molecular weight is 329 g/mol. The fraction of sp³-hybridized carbons (Fsp3) is 0.462. The van der Waals surface area contributed by atoms with Gasteiger partial charge in [-0.05, 0) is 31.7 Å². The lowest BCUT2D eigenvalue weighted by Gasteiger charge is -2.16. The number of amides is 1. The first kappa shape index (κ1) is 14.1. The minimum atomic E-state index is -0.378. The summed E-state index contributed by atoms with van der Waals surface area (Å²) in [6.45, 7) is 3.57. The van der Waals surface area contributed by atoms with Crippen molar-refractivity contribution in [1.29, 1.82) is 0 Å². The van der Waals surface area contributed by atoms with Gasteiger partial charge in [0.25, 0.3) is 0 Å². The lowest BCUT2D eigenvalue weighted by molar-refractivity contribution is 0.104. The van der Waals surface area contributed by atoms with Gasteiger partial charge in [0.15, 0.2) is 6.10 Å². The highest BCUT2D eigenvalue weighted by Gasteiger charge is 2.23. The molecular weight excluding hydrogens is 312 g/mol. The van der Waals surface area contributed by atoms with Crippen LogP contribution in [0.3, 0.4) is 0 Å². The van der Waals surface area contributed by atoms with Crippen LogP contribution < -0.4 is 15.4 Å². The van der Waals surface area contributed by atoms with Crippen LogP contribution in [0.15, 0.2) is 16.6 Å². The van der Waals surface area contributed by atoms with Crippen LogP contribution in [-0.2, 0) is 11.3 Å². The molecule has 1 aromatic rings. The monoisotopic (exact) mass is 328 g/mol. The summed E-state index contributed by atoms with van der Waals surface area (Å²) >= 11 is 3.48. The summed E-state index contributed by atoms with van der Waals surface area (Å²) in [4.78, 5) is 10.9. The number of cyclic esters (lactones) is 1. The first-order chi connectivity index (χ1) is 9.10. The number of benzene rings is 1. The molecule has 0 bridgehead atoms. The molecule has 6 heteroatoms. The van der Waals surface area contributed by atoms with Gasteiger partial charge >= 0.3 is 6.09 Å². The van der Waals surface area contributed by atoms with Crippen LogP contribution in [0.25, 0.3) is 0 Å². The SMILES string of the molecule is CNCc1cc(Br)cc(C)c1OCC1CNC(=O)O1. The van der Waals surface area contributed by atoms with E-state index in [4.69, 9.17) is 9.47 Å². The van der Waals surface area contributed by atoms with Crippen LogP contribution in [0.2, 0.25) is 0 Å². The van der Waals surface area contributed by atoms with Crippen molar-refractivity contribution in [1.82, 2.24) is 10.6 Å². The van der Waals surface area contributed by atoms with Gasteiger partial charge < -0.3 is 20.1 Å². The molecule has 1 aromatic carbocycles. The molecule has 1 unspecified atom stereocenters. The van der Waals surface area contributed by atoms with Gasteiger partial charge in [-0.1, -0.05) is 15.9 Å². The summed E-state index contributed by atoms with van der Waals surface area (Å²) in [6.07, 6.45) is -0.602. The van der Waals surface area contributed by atoms with E-state index in [0.29, 0.717) is 13.2 Å². The van der Waals surface area contributed by atoms with Crippen molar-refractivity contribution in [2.24, 2.45) is 0 Å². The lowest BCUT2D eigenvalue weighted by Crippen LogP contribution is -2.23. The van der Waals surface area contributed by atoms with Crippen molar-refractivity contribution in [3.63, 3.8) is 0 Å². The Labute approximate surface area is 120 Å². The van der Waals surface area contributed by atoms with Gasteiger partial charge in [-0.3, -0.25) is 0 Å². The molecule has 1 aliphatic rings. The Morgan fingerprint density at radius 2 is 2.37 bits per heavy atom. The van der Waals surface area contributed by atoms with Crippen molar-refractivity contribution >= 4 is 22.0 Å². The largest absolute Gasteiger partial charge is 0.489 e. The van der Waals surface area contributed by atoms with E-state index in [1.54, 1.807) is 0 Å². The number of carbonyl (C=O) groups is 1. The van der Waals surface area contributed by atoms with Crippen LogP contribution in [0.4, 0.5) is 4.79 Å². The predicted octanol–water partition coefficient (Wildman–Crippen LogP) is 1.96. The molecule has 0 aromatic heterocycles. The number of nitrogens with one attached hydrogen (secondary N) is 2. The minimum Gasteiger partial charge on any atom is -0.489 e. The van der Waals surface area contributed by atoms with E-state index in [9.17, 15) is 4.79 Å². The van der Waals surface area contributed by atoms with Gasteiger partial charge in [-0.15, -0.1) is 0 Å². The Hall–Kier alpha value is -1.27. The van der Waals surface area contributed by atoms with Crippen LogP contribution in [0.1, 0.15) is 11.1 Å². The maximum atomic E-state index is 10.9. The second kappa shape index (κ2) is 6.25. The average Bonchev–Trinajstić information content (AvgIpc) is 2.74. The molecule has 1 heterocycles.